The van der Waals surface area contributed by atoms with E-state index in [2.05, 4.69) is 13.1 Å². The summed E-state index contributed by atoms with van der Waals surface area (Å²) in [7, 11) is -0.217. The molecule has 0 aromatic rings. The van der Waals surface area contributed by atoms with Gasteiger partial charge in [-0.05, 0) is 5.78 Å². The van der Waals surface area contributed by atoms with E-state index in [1.54, 1.807) is 0 Å². The van der Waals surface area contributed by atoms with Crippen molar-refractivity contribution >= 4 is 37.3 Å². The molecule has 0 nitrogen and oxygen atoms in total. The van der Waals surface area contributed by atoms with E-state index in [0.717, 1.165) is 19.0 Å². The first-order valence-electron chi connectivity index (χ1n) is 2.81. The highest BCUT2D eigenvalue weighted by Crippen LogP contribution is 2.11. The Bertz CT molecular complexity index is 61.5. The van der Waals surface area contributed by atoms with Crippen LogP contribution in [-0.2, 0) is 0 Å². The second-order valence-corrected chi connectivity index (χ2v) is 9.90. The number of hydrogen-bond acceptors (Lipinski definition) is 0. The first-order chi connectivity index (χ1) is 3.56. The SMILES string of the molecule is C[Si](C)(Cl)CBCCl. The lowest BCUT2D eigenvalue weighted by atomic mass is 9.86. The average molecular weight is 169 g/mol. The minimum atomic E-state index is -1.29. The van der Waals surface area contributed by atoms with Gasteiger partial charge >= 0.3 is 0 Å². The number of alkyl halides is 1. The summed E-state index contributed by atoms with van der Waals surface area (Å²) in [4.78, 5) is 0. The standard InChI is InChI=1S/C4H11BCl2Si/c1-8(2,7)4-5-3-6/h5H,3-4H2,1-2H3. The minimum absolute atomic E-state index is 0.753. The van der Waals surface area contributed by atoms with Crippen molar-refractivity contribution in [2.75, 3.05) is 5.78 Å². The maximum absolute atomic E-state index is 5.99. The van der Waals surface area contributed by atoms with Crippen LogP contribution in [0.15, 0.2) is 0 Å². The molecule has 0 aromatic carbocycles. The summed E-state index contributed by atoms with van der Waals surface area (Å²) in [5, 5.41) is 0. The van der Waals surface area contributed by atoms with Crippen LogP contribution < -0.4 is 0 Å². The molecule has 0 amide bonds. The first-order valence-corrected chi connectivity index (χ1v) is 7.56. The zero-order valence-electron chi connectivity index (χ0n) is 5.38. The molecule has 0 saturated heterocycles. The molecule has 48 valence electrons. The highest BCUT2D eigenvalue weighted by molar-refractivity contribution is 7.21. The van der Waals surface area contributed by atoms with Crippen molar-refractivity contribution < 1.29 is 0 Å². The van der Waals surface area contributed by atoms with Crippen molar-refractivity contribution in [3.05, 3.63) is 0 Å². The third-order valence-corrected chi connectivity index (χ3v) is 3.28. The van der Waals surface area contributed by atoms with Crippen LogP contribution in [0.25, 0.3) is 0 Å². The van der Waals surface area contributed by atoms with Crippen molar-refractivity contribution in [1.82, 2.24) is 0 Å². The van der Waals surface area contributed by atoms with Crippen molar-refractivity contribution in [2.24, 2.45) is 0 Å². The fourth-order valence-corrected chi connectivity index (χ4v) is 2.26. The van der Waals surface area contributed by atoms with Crippen LogP contribution in [0, 0.1) is 0 Å². The van der Waals surface area contributed by atoms with Crippen LogP contribution in [0.4, 0.5) is 0 Å². The van der Waals surface area contributed by atoms with Gasteiger partial charge in [0.25, 0.3) is 0 Å². The zero-order valence-corrected chi connectivity index (χ0v) is 7.89. The van der Waals surface area contributed by atoms with Gasteiger partial charge in [0.05, 0.1) is 0 Å². The van der Waals surface area contributed by atoms with Gasteiger partial charge in [-0.15, -0.1) is 11.6 Å². The van der Waals surface area contributed by atoms with Crippen LogP contribution in [0.2, 0.25) is 19.0 Å². The number of halogens is 2. The zero-order chi connectivity index (χ0) is 6.62. The Morgan fingerprint density at radius 3 is 2.12 bits per heavy atom. The molecule has 0 atom stereocenters. The van der Waals surface area contributed by atoms with E-state index in [9.17, 15) is 0 Å². The maximum Gasteiger partial charge on any atom is 0.143 e. The lowest BCUT2D eigenvalue weighted by Crippen LogP contribution is -2.19. The lowest BCUT2D eigenvalue weighted by molar-refractivity contribution is 1.74. The molecule has 4 heteroatoms. The maximum atomic E-state index is 5.99. The summed E-state index contributed by atoms with van der Waals surface area (Å²) in [6.45, 7) is 4.28. The molecule has 8 heavy (non-hydrogen) atoms. The third-order valence-electron chi connectivity index (χ3n) is 0.905. The molecule has 0 aromatic heterocycles. The smallest absolute Gasteiger partial charge is 0.143 e. The Morgan fingerprint density at radius 1 is 1.50 bits per heavy atom. The van der Waals surface area contributed by atoms with Gasteiger partial charge in [0.2, 0.25) is 0 Å². The number of rotatable bonds is 3. The summed E-state index contributed by atoms with van der Waals surface area (Å²) < 4.78 is 0. The average Bonchev–Trinajstić information content (AvgIpc) is 1.59. The highest BCUT2D eigenvalue weighted by Gasteiger charge is 2.15. The molecule has 0 aliphatic heterocycles. The van der Waals surface area contributed by atoms with E-state index in [4.69, 9.17) is 22.7 Å². The van der Waals surface area contributed by atoms with Crippen LogP contribution in [0.1, 0.15) is 0 Å². The topological polar surface area (TPSA) is 0 Å². The fraction of sp³-hybridized carbons (Fsp3) is 1.00. The Labute approximate surface area is 62.5 Å². The Balaban J connectivity index is 3.11. The molecule has 0 spiro atoms. The molecule has 0 fully saturated rings. The molecular weight excluding hydrogens is 158 g/mol. The van der Waals surface area contributed by atoms with Gasteiger partial charge in [0.1, 0.15) is 14.7 Å². The molecule has 0 aliphatic rings. The van der Waals surface area contributed by atoms with Crippen molar-refractivity contribution in [2.45, 2.75) is 19.0 Å². The predicted octanol–water partition coefficient (Wildman–Crippen LogP) is 2.02. The summed E-state index contributed by atoms with van der Waals surface area (Å²) in [6.07, 6.45) is 0. The van der Waals surface area contributed by atoms with E-state index < -0.39 is 7.38 Å². The molecule has 0 radical (unpaired) electrons. The summed E-state index contributed by atoms with van der Waals surface area (Å²) in [5.74, 6) is 1.89. The van der Waals surface area contributed by atoms with E-state index in [-0.39, 0.29) is 0 Å². The lowest BCUT2D eigenvalue weighted by Gasteiger charge is -2.08. The Kier molecular flexibility index (Phi) is 4.22. The second kappa shape index (κ2) is 3.81. The van der Waals surface area contributed by atoms with Gasteiger partial charge in [0.15, 0.2) is 0 Å². The van der Waals surface area contributed by atoms with Gasteiger partial charge < -0.3 is 0 Å². The van der Waals surface area contributed by atoms with Gasteiger partial charge in [-0.25, -0.2) is 0 Å². The first kappa shape index (κ1) is 8.86. The third kappa shape index (κ3) is 6.86. The minimum Gasteiger partial charge on any atom is -0.168 e. The second-order valence-electron chi connectivity index (χ2n) is 2.51. The van der Waals surface area contributed by atoms with Crippen LogP contribution in [-0.4, -0.2) is 20.4 Å². The quantitative estimate of drug-likeness (QED) is 0.344. The largest absolute Gasteiger partial charge is 0.168 e. The Morgan fingerprint density at radius 2 is 2.00 bits per heavy atom. The van der Waals surface area contributed by atoms with Gasteiger partial charge in [-0.1, -0.05) is 19.0 Å². The molecule has 0 saturated carbocycles. The summed E-state index contributed by atoms with van der Waals surface area (Å²) in [6, 6.07) is 0. The van der Waals surface area contributed by atoms with Crippen LogP contribution in [0.3, 0.4) is 0 Å². The molecule has 0 heterocycles. The molecule has 0 aliphatic carbocycles. The van der Waals surface area contributed by atoms with Gasteiger partial charge in [0, 0.05) is 0 Å². The molecule has 0 N–H and O–H groups in total. The van der Waals surface area contributed by atoms with Crippen LogP contribution >= 0.6 is 22.7 Å². The van der Waals surface area contributed by atoms with Crippen molar-refractivity contribution in [3.8, 4) is 0 Å². The monoisotopic (exact) mass is 168 g/mol. The van der Waals surface area contributed by atoms with Gasteiger partial charge in [-0.2, -0.15) is 11.1 Å². The Hall–Kier alpha value is 0.862. The molecule has 0 bridgehead atoms. The molecule has 0 unspecified atom stereocenters. The molecule has 0 rings (SSSR count). The molecular formula is C4H11BCl2Si. The van der Waals surface area contributed by atoms with Crippen molar-refractivity contribution in [1.29, 1.82) is 0 Å². The normalized spacial score (nSPS) is 11.5. The van der Waals surface area contributed by atoms with Crippen molar-refractivity contribution in [3.63, 3.8) is 0 Å². The van der Waals surface area contributed by atoms with Crippen LogP contribution in [0.5, 0.6) is 0 Å². The fourth-order valence-electron chi connectivity index (χ4n) is 0.487. The van der Waals surface area contributed by atoms with Gasteiger partial charge in [-0.3, -0.25) is 0 Å². The highest BCUT2D eigenvalue weighted by atomic mass is 35.6. The van der Waals surface area contributed by atoms with E-state index >= 15 is 0 Å². The van der Waals surface area contributed by atoms with E-state index in [1.807, 2.05) is 0 Å². The van der Waals surface area contributed by atoms with E-state index in [1.165, 1.54) is 0 Å². The predicted molar refractivity (Wildman–Crippen MR) is 46.0 cm³/mol. The summed E-state index contributed by atoms with van der Waals surface area (Å²) in [5.41, 5.74) is 0. The number of hydrogen-bond donors (Lipinski definition) is 0. The van der Waals surface area contributed by atoms with E-state index in [0.29, 0.717) is 0 Å². The summed E-state index contributed by atoms with van der Waals surface area (Å²) >= 11 is 11.5.